The Bertz CT molecular complexity index is 536. The van der Waals surface area contributed by atoms with E-state index in [1.807, 2.05) is 9.80 Å². The van der Waals surface area contributed by atoms with E-state index in [0.29, 0.717) is 38.8 Å². The fourth-order valence-corrected chi connectivity index (χ4v) is 4.61. The molecular weight excluding hydrogens is 348 g/mol. The van der Waals surface area contributed by atoms with E-state index in [2.05, 4.69) is 0 Å². The van der Waals surface area contributed by atoms with Gasteiger partial charge in [-0.15, -0.1) is 0 Å². The molecule has 1 saturated carbocycles. The first-order valence-electron chi connectivity index (χ1n) is 10.6. The van der Waals surface area contributed by atoms with Gasteiger partial charge in [0.15, 0.2) is 0 Å². The maximum Gasteiger partial charge on any atom is 0.248 e. The quantitative estimate of drug-likeness (QED) is 0.733. The third-order valence-corrected chi connectivity index (χ3v) is 6.69. The smallest absolute Gasteiger partial charge is 0.248 e. The standard InChI is InChI=1S/C20H32N2O5/c23-18(21-9-12-25-13-10-21)15-26-17-4-11-27-20(14-17)5-7-22(8-6-20)19(24)16-2-1-3-16/h16-17H,1-15H2. The van der Waals surface area contributed by atoms with Crippen LogP contribution in [0.4, 0.5) is 0 Å². The Labute approximate surface area is 161 Å². The zero-order chi connectivity index (χ0) is 18.7. The first-order chi connectivity index (χ1) is 13.2. The van der Waals surface area contributed by atoms with Crippen molar-refractivity contribution in [3.63, 3.8) is 0 Å². The molecule has 0 aromatic rings. The Morgan fingerprint density at radius 1 is 0.963 bits per heavy atom. The van der Waals surface area contributed by atoms with Crippen LogP contribution < -0.4 is 0 Å². The van der Waals surface area contributed by atoms with Crippen LogP contribution in [-0.4, -0.2) is 85.9 Å². The first-order valence-corrected chi connectivity index (χ1v) is 10.6. The minimum absolute atomic E-state index is 0.0553. The normalized spacial score (nSPS) is 28.8. The van der Waals surface area contributed by atoms with Crippen molar-refractivity contribution < 1.29 is 23.8 Å². The molecule has 0 aromatic carbocycles. The van der Waals surface area contributed by atoms with Crippen LogP contribution in [-0.2, 0) is 23.8 Å². The van der Waals surface area contributed by atoms with Gasteiger partial charge in [-0.2, -0.15) is 0 Å². The first kappa shape index (κ1) is 19.2. The molecule has 3 saturated heterocycles. The van der Waals surface area contributed by atoms with Gasteiger partial charge in [-0.05, 0) is 32.1 Å². The van der Waals surface area contributed by atoms with Gasteiger partial charge in [0, 0.05) is 45.1 Å². The summed E-state index contributed by atoms with van der Waals surface area (Å²) in [6.07, 6.45) is 6.80. The molecule has 27 heavy (non-hydrogen) atoms. The van der Waals surface area contributed by atoms with Crippen LogP contribution in [0.2, 0.25) is 0 Å². The maximum absolute atomic E-state index is 12.5. The fourth-order valence-electron chi connectivity index (χ4n) is 4.61. The summed E-state index contributed by atoms with van der Waals surface area (Å²) in [5.41, 5.74) is -0.179. The molecule has 4 fully saturated rings. The van der Waals surface area contributed by atoms with E-state index in [0.717, 1.165) is 51.6 Å². The van der Waals surface area contributed by atoms with Gasteiger partial charge in [0.05, 0.1) is 24.9 Å². The number of rotatable bonds is 4. The average molecular weight is 380 g/mol. The highest BCUT2D eigenvalue weighted by Gasteiger charge is 2.42. The Hall–Kier alpha value is -1.18. The highest BCUT2D eigenvalue weighted by molar-refractivity contribution is 5.79. The minimum Gasteiger partial charge on any atom is -0.378 e. The van der Waals surface area contributed by atoms with Crippen molar-refractivity contribution in [3.05, 3.63) is 0 Å². The molecule has 7 heteroatoms. The fraction of sp³-hybridized carbons (Fsp3) is 0.900. The molecule has 2 amide bonds. The van der Waals surface area contributed by atoms with E-state index in [1.54, 1.807) is 0 Å². The van der Waals surface area contributed by atoms with Gasteiger partial charge < -0.3 is 24.0 Å². The molecule has 3 heterocycles. The maximum atomic E-state index is 12.5. The lowest BCUT2D eigenvalue weighted by Gasteiger charge is -2.47. The molecule has 4 aliphatic rings. The predicted molar refractivity (Wildman–Crippen MR) is 98.2 cm³/mol. The number of piperidine rings is 1. The molecule has 1 aliphatic carbocycles. The van der Waals surface area contributed by atoms with Crippen molar-refractivity contribution >= 4 is 11.8 Å². The van der Waals surface area contributed by atoms with E-state index >= 15 is 0 Å². The number of carbonyl (C=O) groups is 2. The number of hydrogen-bond acceptors (Lipinski definition) is 5. The summed E-state index contributed by atoms with van der Waals surface area (Å²) in [6, 6.07) is 0. The Morgan fingerprint density at radius 2 is 1.70 bits per heavy atom. The number of morpholine rings is 1. The zero-order valence-electron chi connectivity index (χ0n) is 16.2. The van der Waals surface area contributed by atoms with Crippen LogP contribution >= 0.6 is 0 Å². The number of hydrogen-bond donors (Lipinski definition) is 0. The van der Waals surface area contributed by atoms with Crippen LogP contribution in [0.5, 0.6) is 0 Å². The molecule has 0 N–H and O–H groups in total. The lowest BCUT2D eigenvalue weighted by Crippen LogP contribution is -2.53. The highest BCUT2D eigenvalue weighted by Crippen LogP contribution is 2.37. The largest absolute Gasteiger partial charge is 0.378 e. The Kier molecular flexibility index (Phi) is 5.99. The van der Waals surface area contributed by atoms with Gasteiger partial charge in [-0.3, -0.25) is 9.59 Å². The van der Waals surface area contributed by atoms with Crippen LogP contribution in [0.3, 0.4) is 0 Å². The highest BCUT2D eigenvalue weighted by atomic mass is 16.5. The monoisotopic (exact) mass is 380 g/mol. The van der Waals surface area contributed by atoms with Gasteiger partial charge in [-0.1, -0.05) is 6.42 Å². The molecule has 0 aromatic heterocycles. The molecule has 1 unspecified atom stereocenters. The minimum atomic E-state index is -0.179. The summed E-state index contributed by atoms with van der Waals surface area (Å²) in [4.78, 5) is 28.6. The summed E-state index contributed by atoms with van der Waals surface area (Å²) in [5, 5.41) is 0. The summed E-state index contributed by atoms with van der Waals surface area (Å²) >= 11 is 0. The molecule has 7 nitrogen and oxygen atoms in total. The molecular formula is C20H32N2O5. The van der Waals surface area contributed by atoms with Gasteiger partial charge >= 0.3 is 0 Å². The molecule has 0 radical (unpaired) electrons. The Balaban J connectivity index is 1.23. The second-order valence-corrected chi connectivity index (χ2v) is 8.40. The summed E-state index contributed by atoms with van der Waals surface area (Å²) in [5.74, 6) is 0.671. The van der Waals surface area contributed by atoms with Gasteiger partial charge in [0.2, 0.25) is 11.8 Å². The van der Waals surface area contributed by atoms with Crippen LogP contribution in [0.25, 0.3) is 0 Å². The van der Waals surface area contributed by atoms with Crippen molar-refractivity contribution in [2.24, 2.45) is 5.92 Å². The third-order valence-electron chi connectivity index (χ3n) is 6.69. The molecule has 4 rings (SSSR count). The van der Waals surface area contributed by atoms with E-state index in [-0.39, 0.29) is 30.1 Å². The number of nitrogens with zero attached hydrogens (tertiary/aromatic N) is 2. The lowest BCUT2D eigenvalue weighted by atomic mass is 9.81. The van der Waals surface area contributed by atoms with Crippen LogP contribution in [0.1, 0.15) is 44.9 Å². The van der Waals surface area contributed by atoms with Crippen molar-refractivity contribution in [2.75, 3.05) is 52.6 Å². The number of carbonyl (C=O) groups excluding carboxylic acids is 2. The number of ether oxygens (including phenoxy) is 3. The molecule has 152 valence electrons. The third kappa shape index (κ3) is 4.46. The van der Waals surface area contributed by atoms with Crippen LogP contribution in [0, 0.1) is 5.92 Å². The predicted octanol–water partition coefficient (Wildman–Crippen LogP) is 1.20. The van der Waals surface area contributed by atoms with E-state index < -0.39 is 0 Å². The van der Waals surface area contributed by atoms with Gasteiger partial charge in [0.25, 0.3) is 0 Å². The zero-order valence-corrected chi connectivity index (χ0v) is 16.2. The van der Waals surface area contributed by atoms with Crippen LogP contribution in [0.15, 0.2) is 0 Å². The second kappa shape index (κ2) is 8.45. The van der Waals surface area contributed by atoms with Crippen molar-refractivity contribution in [2.45, 2.75) is 56.7 Å². The van der Waals surface area contributed by atoms with Gasteiger partial charge in [0.1, 0.15) is 6.61 Å². The van der Waals surface area contributed by atoms with E-state index in [9.17, 15) is 9.59 Å². The molecule has 0 bridgehead atoms. The number of amides is 2. The van der Waals surface area contributed by atoms with Crippen molar-refractivity contribution in [1.82, 2.24) is 9.80 Å². The second-order valence-electron chi connectivity index (χ2n) is 8.40. The SMILES string of the molecule is O=C(COC1CCOC2(CCN(C(=O)C3CCC3)CC2)C1)N1CCOCC1. The summed E-state index contributed by atoms with van der Waals surface area (Å²) in [6.45, 7) is 4.93. The molecule has 1 spiro atoms. The average Bonchev–Trinajstić information content (AvgIpc) is 2.66. The summed E-state index contributed by atoms with van der Waals surface area (Å²) < 4.78 is 17.4. The lowest BCUT2D eigenvalue weighted by molar-refractivity contribution is -0.169. The summed E-state index contributed by atoms with van der Waals surface area (Å²) in [7, 11) is 0. The van der Waals surface area contributed by atoms with Crippen molar-refractivity contribution in [1.29, 1.82) is 0 Å². The van der Waals surface area contributed by atoms with Gasteiger partial charge in [-0.25, -0.2) is 0 Å². The molecule has 3 aliphatic heterocycles. The van der Waals surface area contributed by atoms with E-state index in [1.165, 1.54) is 6.42 Å². The van der Waals surface area contributed by atoms with Crippen molar-refractivity contribution in [3.8, 4) is 0 Å². The molecule has 1 atom stereocenters. The topological polar surface area (TPSA) is 68.3 Å². The number of likely N-dealkylation sites (tertiary alicyclic amines) is 1. The van der Waals surface area contributed by atoms with E-state index in [4.69, 9.17) is 14.2 Å². The Morgan fingerprint density at radius 3 is 2.37 bits per heavy atom.